The Balaban J connectivity index is 1.89. The molecule has 0 heterocycles. The van der Waals surface area contributed by atoms with E-state index in [9.17, 15) is 13.2 Å². The van der Waals surface area contributed by atoms with E-state index in [1.54, 1.807) is 12.1 Å². The molecule has 8 heteroatoms. The summed E-state index contributed by atoms with van der Waals surface area (Å²) in [6.07, 6.45) is 0.182. The molecule has 3 aromatic carbocycles. The molecule has 0 spiro atoms. The van der Waals surface area contributed by atoms with Crippen LogP contribution in [0.2, 0.25) is 5.02 Å². The molecule has 0 fully saturated rings. The van der Waals surface area contributed by atoms with Gasteiger partial charge in [0, 0.05) is 5.69 Å². The van der Waals surface area contributed by atoms with Gasteiger partial charge in [-0.25, -0.2) is 8.42 Å². The van der Waals surface area contributed by atoms with Gasteiger partial charge in [-0.05, 0) is 48.7 Å². The maximum Gasteiger partial charge on any atom is 0.242 e. The van der Waals surface area contributed by atoms with Crippen LogP contribution in [0.25, 0.3) is 0 Å². The summed E-state index contributed by atoms with van der Waals surface area (Å²) in [5.41, 5.74) is 2.32. The minimum absolute atomic E-state index is 0.0555. The number of aryl methyl sites for hydroxylation is 1. The second-order valence-corrected chi connectivity index (χ2v) is 9.09. The van der Waals surface area contributed by atoms with E-state index in [2.05, 4.69) is 10.0 Å². The number of benzene rings is 3. The molecular weight excluding hydrogens is 436 g/mol. The predicted molar refractivity (Wildman–Crippen MR) is 122 cm³/mol. The second kappa shape index (κ2) is 9.96. The van der Waals surface area contributed by atoms with Crippen LogP contribution >= 0.6 is 11.6 Å². The van der Waals surface area contributed by atoms with Crippen molar-refractivity contribution in [2.24, 2.45) is 0 Å². The number of amides is 1. The van der Waals surface area contributed by atoms with Crippen LogP contribution in [0.3, 0.4) is 0 Å². The maximum absolute atomic E-state index is 13.1. The highest BCUT2D eigenvalue weighted by Gasteiger charge is 2.27. The number of carbonyl (C=O) groups excluding carboxylic acids is 1. The van der Waals surface area contributed by atoms with Gasteiger partial charge in [-0.3, -0.25) is 4.79 Å². The number of methoxy groups -OCH3 is 1. The van der Waals surface area contributed by atoms with E-state index < -0.39 is 22.0 Å². The molecule has 1 amide bonds. The van der Waals surface area contributed by atoms with Gasteiger partial charge in [0.1, 0.15) is 11.8 Å². The van der Waals surface area contributed by atoms with Crippen molar-refractivity contribution in [1.29, 1.82) is 0 Å². The van der Waals surface area contributed by atoms with Gasteiger partial charge in [-0.15, -0.1) is 0 Å². The lowest BCUT2D eigenvalue weighted by atomic mass is 10.1. The fraction of sp³-hybridized carbons (Fsp3) is 0.174. The Kier molecular flexibility index (Phi) is 7.33. The first-order valence-corrected chi connectivity index (χ1v) is 11.4. The average Bonchev–Trinajstić information content (AvgIpc) is 2.75. The molecule has 0 aliphatic heterocycles. The number of anilines is 1. The van der Waals surface area contributed by atoms with Crippen molar-refractivity contribution in [1.82, 2.24) is 4.72 Å². The summed E-state index contributed by atoms with van der Waals surface area (Å²) in [6, 6.07) is 19.6. The molecule has 3 aromatic rings. The first-order chi connectivity index (χ1) is 14.8. The van der Waals surface area contributed by atoms with E-state index in [0.29, 0.717) is 11.4 Å². The molecule has 0 saturated heterocycles. The zero-order valence-electron chi connectivity index (χ0n) is 17.1. The molecule has 0 saturated carbocycles. The number of hydrogen-bond donors (Lipinski definition) is 2. The Bertz CT molecular complexity index is 1170. The van der Waals surface area contributed by atoms with Gasteiger partial charge in [-0.2, -0.15) is 4.72 Å². The number of carbonyl (C=O) groups is 1. The van der Waals surface area contributed by atoms with Gasteiger partial charge >= 0.3 is 0 Å². The zero-order chi connectivity index (χ0) is 22.4. The lowest BCUT2D eigenvalue weighted by molar-refractivity contribution is -0.117. The van der Waals surface area contributed by atoms with Crippen LogP contribution in [-0.2, 0) is 21.2 Å². The van der Waals surface area contributed by atoms with Crippen LogP contribution in [0.1, 0.15) is 11.1 Å². The molecule has 0 unspecified atom stereocenters. The highest BCUT2D eigenvalue weighted by atomic mass is 35.5. The molecule has 6 nitrogen and oxygen atoms in total. The predicted octanol–water partition coefficient (Wildman–Crippen LogP) is 4.19. The van der Waals surface area contributed by atoms with Crippen molar-refractivity contribution < 1.29 is 17.9 Å². The third-order valence-corrected chi connectivity index (χ3v) is 6.50. The summed E-state index contributed by atoms with van der Waals surface area (Å²) >= 11 is 6.09. The van der Waals surface area contributed by atoms with Crippen molar-refractivity contribution in [3.05, 3.63) is 88.9 Å². The number of ether oxygens (including phenoxy) is 1. The van der Waals surface area contributed by atoms with Crippen molar-refractivity contribution in [3.63, 3.8) is 0 Å². The van der Waals surface area contributed by atoms with Crippen molar-refractivity contribution >= 4 is 33.2 Å². The summed E-state index contributed by atoms with van der Waals surface area (Å²) in [6.45, 7) is 1.87. The zero-order valence-corrected chi connectivity index (χ0v) is 18.7. The lowest BCUT2D eigenvalue weighted by Crippen LogP contribution is -2.45. The minimum atomic E-state index is -4.03. The topological polar surface area (TPSA) is 84.5 Å². The fourth-order valence-corrected chi connectivity index (χ4v) is 4.58. The molecule has 2 N–H and O–H groups in total. The summed E-state index contributed by atoms with van der Waals surface area (Å²) in [4.78, 5) is 13.0. The molecule has 0 aromatic heterocycles. The standard InChI is InChI=1S/C23H23ClN2O4S/c1-16-8-6-7-11-20(16)25-23(27)21(14-17-9-4-3-5-10-17)26-31(28,29)18-12-13-22(30-2)19(24)15-18/h3-13,15,21,26H,14H2,1-2H3,(H,25,27)/t21-/m0/s1. The molecule has 1 atom stereocenters. The third kappa shape index (κ3) is 5.85. The van der Waals surface area contributed by atoms with Crippen LogP contribution < -0.4 is 14.8 Å². The van der Waals surface area contributed by atoms with Gasteiger partial charge in [0.2, 0.25) is 15.9 Å². The number of hydrogen-bond acceptors (Lipinski definition) is 4. The number of rotatable bonds is 8. The van der Waals surface area contributed by atoms with Gasteiger partial charge in [0.25, 0.3) is 0 Å². The molecule has 31 heavy (non-hydrogen) atoms. The highest BCUT2D eigenvalue weighted by molar-refractivity contribution is 7.89. The summed E-state index contributed by atoms with van der Waals surface area (Å²) < 4.78 is 33.6. The average molecular weight is 459 g/mol. The quantitative estimate of drug-likeness (QED) is 0.530. The van der Waals surface area contributed by atoms with E-state index in [4.69, 9.17) is 16.3 Å². The van der Waals surface area contributed by atoms with Crippen molar-refractivity contribution in [2.45, 2.75) is 24.3 Å². The highest BCUT2D eigenvalue weighted by Crippen LogP contribution is 2.27. The number of halogens is 1. The Morgan fingerprint density at radius 1 is 1.03 bits per heavy atom. The maximum atomic E-state index is 13.1. The van der Waals surface area contributed by atoms with Crippen LogP contribution in [0, 0.1) is 6.92 Å². The van der Waals surface area contributed by atoms with E-state index in [0.717, 1.165) is 11.1 Å². The van der Waals surface area contributed by atoms with Gasteiger partial charge < -0.3 is 10.1 Å². The molecular formula is C23H23ClN2O4S. The molecule has 162 valence electrons. The first kappa shape index (κ1) is 22.8. The fourth-order valence-electron chi connectivity index (χ4n) is 3.04. The minimum Gasteiger partial charge on any atom is -0.495 e. The SMILES string of the molecule is COc1ccc(S(=O)(=O)N[C@@H](Cc2ccccc2)C(=O)Nc2ccccc2C)cc1Cl. The Morgan fingerprint density at radius 3 is 2.35 bits per heavy atom. The van der Waals surface area contributed by atoms with Crippen LogP contribution in [0.4, 0.5) is 5.69 Å². The molecule has 0 radical (unpaired) electrons. The van der Waals surface area contributed by atoms with Crippen molar-refractivity contribution in [3.8, 4) is 5.75 Å². The summed E-state index contributed by atoms with van der Waals surface area (Å²) in [7, 11) is -2.58. The smallest absolute Gasteiger partial charge is 0.242 e. The second-order valence-electron chi connectivity index (χ2n) is 6.96. The van der Waals surface area contributed by atoms with Crippen LogP contribution in [-0.4, -0.2) is 27.5 Å². The van der Waals surface area contributed by atoms with Crippen LogP contribution in [0.5, 0.6) is 5.75 Å². The first-order valence-electron chi connectivity index (χ1n) is 9.56. The summed E-state index contributed by atoms with van der Waals surface area (Å²) in [5, 5.41) is 2.98. The van der Waals surface area contributed by atoms with Crippen LogP contribution in [0.15, 0.2) is 77.7 Å². The molecule has 0 aliphatic carbocycles. The van der Waals surface area contributed by atoms with E-state index in [-0.39, 0.29) is 16.3 Å². The summed E-state index contributed by atoms with van der Waals surface area (Å²) in [5.74, 6) is -0.0971. The number of sulfonamides is 1. The Hall–Kier alpha value is -2.87. The lowest BCUT2D eigenvalue weighted by Gasteiger charge is -2.20. The normalized spacial score (nSPS) is 12.2. The molecule has 0 bridgehead atoms. The van der Waals surface area contributed by atoms with Gasteiger partial charge in [-0.1, -0.05) is 60.1 Å². The Labute approximate surface area is 187 Å². The number of nitrogens with one attached hydrogen (secondary N) is 2. The van der Waals surface area contributed by atoms with E-state index >= 15 is 0 Å². The van der Waals surface area contributed by atoms with E-state index in [1.165, 1.54) is 25.3 Å². The van der Waals surface area contributed by atoms with E-state index in [1.807, 2.05) is 49.4 Å². The molecule has 0 aliphatic rings. The van der Waals surface area contributed by atoms with Crippen molar-refractivity contribution in [2.75, 3.05) is 12.4 Å². The third-order valence-electron chi connectivity index (χ3n) is 4.73. The van der Waals surface area contributed by atoms with Gasteiger partial charge in [0.15, 0.2) is 0 Å². The number of para-hydroxylation sites is 1. The monoisotopic (exact) mass is 458 g/mol. The largest absolute Gasteiger partial charge is 0.495 e. The molecule has 3 rings (SSSR count). The van der Waals surface area contributed by atoms with Gasteiger partial charge in [0.05, 0.1) is 17.0 Å². The Morgan fingerprint density at radius 2 is 1.71 bits per heavy atom.